The summed E-state index contributed by atoms with van der Waals surface area (Å²) in [6, 6.07) is 0. The highest BCUT2D eigenvalue weighted by Gasteiger charge is 2.52. The van der Waals surface area contributed by atoms with Crippen molar-refractivity contribution in [3.05, 3.63) is 16.8 Å². The summed E-state index contributed by atoms with van der Waals surface area (Å²) in [6.07, 6.45) is -4.00. The van der Waals surface area contributed by atoms with Gasteiger partial charge in [-0.25, -0.2) is 15.0 Å². The summed E-state index contributed by atoms with van der Waals surface area (Å²) in [4.78, 5) is 25.4. The lowest BCUT2D eigenvalue weighted by Crippen LogP contribution is -2.40. The van der Waals surface area contributed by atoms with Gasteiger partial charge < -0.3 is 35.2 Å². The van der Waals surface area contributed by atoms with Gasteiger partial charge >= 0.3 is 7.60 Å². The summed E-state index contributed by atoms with van der Waals surface area (Å²) in [5.41, 5.74) is 13.7. The molecule has 2 aromatic heterocycles. The number of nitrogens with zero attached hydrogens (tertiary/aromatic N) is 7. The largest absolute Gasteiger partial charge is 0.388 e. The molecule has 1 aliphatic heterocycles. The number of aromatic nitrogens is 4. The number of aliphatic hydroxyl groups is 3. The molecule has 2 unspecified atom stereocenters. The maximum absolute atomic E-state index is 13.0. The maximum atomic E-state index is 13.0. The summed E-state index contributed by atoms with van der Waals surface area (Å²) in [5, 5.41) is 33.8. The Hall–Kier alpha value is -2.35. The highest BCUT2D eigenvalue weighted by atomic mass is 31.2. The van der Waals surface area contributed by atoms with Gasteiger partial charge in [0.25, 0.3) is 0 Å². The first kappa shape index (κ1) is 27.2. The van der Waals surface area contributed by atoms with E-state index in [2.05, 4.69) is 25.0 Å². The molecule has 1 fully saturated rings. The van der Waals surface area contributed by atoms with Crippen molar-refractivity contribution in [3.8, 4) is 0 Å². The fraction of sp³-hybridized carbons (Fsp3) is 0.737. The quantitative estimate of drug-likeness (QED) is 0.133. The van der Waals surface area contributed by atoms with Crippen molar-refractivity contribution in [3.63, 3.8) is 0 Å². The first-order chi connectivity index (χ1) is 16.4. The van der Waals surface area contributed by atoms with Crippen molar-refractivity contribution in [2.24, 2.45) is 5.11 Å². The van der Waals surface area contributed by atoms with E-state index in [1.165, 1.54) is 4.57 Å². The van der Waals surface area contributed by atoms with Crippen molar-refractivity contribution in [1.29, 1.82) is 0 Å². The van der Waals surface area contributed by atoms with Gasteiger partial charge in [-0.05, 0) is 36.8 Å². The van der Waals surface area contributed by atoms with Crippen LogP contribution < -0.4 is 5.73 Å². The lowest BCUT2D eigenvalue weighted by molar-refractivity contribution is -0.0691. The number of nitrogen functional groups attached to an aromatic ring is 1. The molecule has 0 aromatic carbocycles. The van der Waals surface area contributed by atoms with E-state index in [9.17, 15) is 24.8 Å². The minimum atomic E-state index is -4.51. The van der Waals surface area contributed by atoms with Crippen molar-refractivity contribution in [1.82, 2.24) is 19.5 Å². The van der Waals surface area contributed by atoms with Gasteiger partial charge in [0.05, 0.1) is 11.7 Å². The Morgan fingerprint density at radius 3 is 2.51 bits per heavy atom. The van der Waals surface area contributed by atoms with Crippen LogP contribution in [0.1, 0.15) is 59.6 Å². The summed E-state index contributed by atoms with van der Waals surface area (Å²) < 4.78 is 25.7. The van der Waals surface area contributed by atoms with Gasteiger partial charge in [0.15, 0.2) is 28.6 Å². The summed E-state index contributed by atoms with van der Waals surface area (Å²) in [7, 11) is -4.51. The molecule has 3 heterocycles. The summed E-state index contributed by atoms with van der Waals surface area (Å²) in [5.74, 6) is -0.199. The average Bonchev–Trinajstić information content (AvgIpc) is 3.31. The van der Waals surface area contributed by atoms with Crippen LogP contribution in [-0.4, -0.2) is 69.0 Å². The normalized spacial score (nSPS) is 26.3. The second kappa shape index (κ2) is 9.96. The number of ether oxygens (including phenoxy) is 1. The van der Waals surface area contributed by atoms with Crippen molar-refractivity contribution in [2.45, 2.75) is 88.9 Å². The minimum absolute atomic E-state index is 0.00128. The van der Waals surface area contributed by atoms with E-state index in [1.54, 1.807) is 27.7 Å². The molecular weight excluding hydrogens is 483 g/mol. The zero-order chi connectivity index (χ0) is 26.2. The fourth-order valence-electron chi connectivity index (χ4n) is 4.08. The second-order valence-electron chi connectivity index (χ2n) is 8.76. The lowest BCUT2D eigenvalue weighted by Gasteiger charge is -2.38. The zero-order valence-corrected chi connectivity index (χ0v) is 20.8. The number of hydrogen-bond acceptors (Lipinski definition) is 11. The number of aliphatic hydroxyl groups excluding tert-OH is 2. The van der Waals surface area contributed by atoms with Gasteiger partial charge in [-0.1, -0.05) is 20.8 Å². The van der Waals surface area contributed by atoms with E-state index >= 15 is 0 Å². The standard InChI is InChI=1S/C19H31N8O7P/c1-5-18(4,34-35(31,32)19(30,6-2)7-3)8-10-12(28)13(29)16(33-10)27-15-11(14(20)22-9-23-15)24-17(27)25-26-21/h9-10,12-13,16,28-30H,5-8H2,1-4H3,(H,31,32)(H2,20,22,23)/t10-,12-,13-,16-,18?/m1/s1. The molecule has 0 spiro atoms. The number of azide groups is 1. The molecule has 6 N–H and O–H groups in total. The number of imidazole rings is 1. The number of anilines is 1. The van der Waals surface area contributed by atoms with Gasteiger partial charge in [-0.3, -0.25) is 9.13 Å². The van der Waals surface area contributed by atoms with Gasteiger partial charge in [-0.2, -0.15) is 0 Å². The lowest BCUT2D eigenvalue weighted by atomic mass is 9.93. The molecule has 0 amide bonds. The third kappa shape index (κ3) is 4.86. The Balaban J connectivity index is 1.94. The number of hydrogen-bond donors (Lipinski definition) is 5. The van der Waals surface area contributed by atoms with Gasteiger partial charge in [0, 0.05) is 11.3 Å². The van der Waals surface area contributed by atoms with Crippen LogP contribution in [0.5, 0.6) is 0 Å². The van der Waals surface area contributed by atoms with Gasteiger partial charge in [0.1, 0.15) is 18.5 Å². The molecule has 6 atom stereocenters. The Labute approximate surface area is 201 Å². The van der Waals surface area contributed by atoms with Crippen molar-refractivity contribution in [2.75, 3.05) is 5.73 Å². The Kier molecular flexibility index (Phi) is 7.75. The number of fused-ring (bicyclic) bond motifs is 1. The SMILES string of the molecule is CCC(C)(C[C@H]1O[C@@H](n2c(N=[N+]=[N-])nc3c(N)ncnc32)[C@H](O)[C@@H]1O)OP(=O)(O)C(O)(CC)CC. The highest BCUT2D eigenvalue weighted by molar-refractivity contribution is 7.54. The van der Waals surface area contributed by atoms with E-state index in [0.29, 0.717) is 0 Å². The third-order valence-corrected chi connectivity index (χ3v) is 8.97. The fourth-order valence-corrected chi connectivity index (χ4v) is 5.85. The van der Waals surface area contributed by atoms with Gasteiger partial charge in [-0.15, -0.1) is 0 Å². The molecule has 3 rings (SSSR count). The molecule has 1 aliphatic rings. The molecule has 0 bridgehead atoms. The molecule has 2 aromatic rings. The Morgan fingerprint density at radius 2 is 1.94 bits per heavy atom. The molecule has 0 saturated carbocycles. The molecule has 0 radical (unpaired) electrons. The summed E-state index contributed by atoms with van der Waals surface area (Å²) >= 11 is 0. The van der Waals surface area contributed by atoms with Gasteiger partial charge in [0.2, 0.25) is 5.95 Å². The van der Waals surface area contributed by atoms with E-state index in [-0.39, 0.29) is 48.6 Å². The first-order valence-corrected chi connectivity index (χ1v) is 12.8. The molecule has 35 heavy (non-hydrogen) atoms. The van der Waals surface area contributed by atoms with E-state index < -0.39 is 43.1 Å². The van der Waals surface area contributed by atoms with E-state index in [4.69, 9.17) is 20.5 Å². The first-order valence-electron chi connectivity index (χ1n) is 11.2. The third-order valence-electron chi connectivity index (χ3n) is 6.60. The van der Waals surface area contributed by atoms with Crippen LogP contribution in [0.25, 0.3) is 21.6 Å². The van der Waals surface area contributed by atoms with Crippen LogP contribution in [0.2, 0.25) is 0 Å². The highest BCUT2D eigenvalue weighted by Crippen LogP contribution is 2.60. The molecule has 0 aliphatic carbocycles. The average molecular weight is 514 g/mol. The molecule has 1 saturated heterocycles. The minimum Gasteiger partial charge on any atom is -0.388 e. The summed E-state index contributed by atoms with van der Waals surface area (Å²) in [6.45, 7) is 6.44. The van der Waals surface area contributed by atoms with Crippen molar-refractivity contribution < 1.29 is 34.0 Å². The number of nitrogens with two attached hydrogens (primary N) is 1. The van der Waals surface area contributed by atoms with Crippen LogP contribution in [0.15, 0.2) is 11.4 Å². The Morgan fingerprint density at radius 1 is 1.29 bits per heavy atom. The van der Waals surface area contributed by atoms with Crippen LogP contribution >= 0.6 is 7.60 Å². The van der Waals surface area contributed by atoms with Crippen LogP contribution in [0, 0.1) is 0 Å². The molecule has 16 heteroatoms. The predicted octanol–water partition coefficient (Wildman–Crippen LogP) is 2.24. The second-order valence-corrected chi connectivity index (χ2v) is 10.8. The molecule has 194 valence electrons. The van der Waals surface area contributed by atoms with Crippen LogP contribution in [0.3, 0.4) is 0 Å². The molecular formula is C19H31N8O7P. The van der Waals surface area contributed by atoms with Crippen molar-refractivity contribution >= 4 is 30.5 Å². The predicted molar refractivity (Wildman–Crippen MR) is 124 cm³/mol. The Bertz CT molecular complexity index is 1170. The van der Waals surface area contributed by atoms with Crippen LogP contribution in [-0.2, 0) is 13.8 Å². The zero-order valence-electron chi connectivity index (χ0n) is 19.9. The monoisotopic (exact) mass is 514 g/mol. The topological polar surface area (TPSA) is 235 Å². The van der Waals surface area contributed by atoms with E-state index in [0.717, 1.165) is 6.33 Å². The smallest absolute Gasteiger partial charge is 0.359 e. The number of rotatable bonds is 10. The molecule has 15 nitrogen and oxygen atoms in total. The maximum Gasteiger partial charge on any atom is 0.359 e. The van der Waals surface area contributed by atoms with E-state index in [1.807, 2.05) is 0 Å². The van der Waals surface area contributed by atoms with Crippen LogP contribution in [0.4, 0.5) is 11.8 Å².